The minimum Gasteiger partial charge on any atom is -0.489 e. The number of carbonyl (C=O) groups excluding carboxylic acids is 1. The third kappa shape index (κ3) is 7.26. The van der Waals surface area contributed by atoms with Gasteiger partial charge in [-0.05, 0) is 11.6 Å². The van der Waals surface area contributed by atoms with Gasteiger partial charge in [-0.25, -0.2) is 4.39 Å². The van der Waals surface area contributed by atoms with E-state index in [1.807, 2.05) is 0 Å². The van der Waals surface area contributed by atoms with E-state index in [9.17, 15) is 22.4 Å². The summed E-state index contributed by atoms with van der Waals surface area (Å²) in [6.45, 7) is -0.748. The summed E-state index contributed by atoms with van der Waals surface area (Å²) < 4.78 is 60.2. The van der Waals surface area contributed by atoms with Gasteiger partial charge in [0.1, 0.15) is 26.1 Å². The zero-order chi connectivity index (χ0) is 24.6. The van der Waals surface area contributed by atoms with Crippen LogP contribution in [-0.4, -0.2) is 38.6 Å². The average molecular weight is 509 g/mol. The van der Waals surface area contributed by atoms with E-state index in [0.717, 1.165) is 0 Å². The SMILES string of the molecule is CNC(=O)C(=NOC)c1ccccc1COc1cc(Cl)c(OCC=C(F)C(F)(F)F)c(Cl)c1. The first kappa shape index (κ1) is 26.3. The molecule has 1 N–H and O–H groups in total. The standard InChI is InChI=1S/C21H18Cl2F4N2O4/c1-28-20(30)18(29-31-2)14-6-4-3-5-12(14)11-33-13-9-15(22)19(16(23)10-13)32-8-7-17(24)21(25,26)27/h3-7,9-10H,8,11H2,1-2H3,(H,28,30). The molecule has 0 aliphatic heterocycles. The van der Waals surface area contributed by atoms with Crippen LogP contribution < -0.4 is 14.8 Å². The topological polar surface area (TPSA) is 69.2 Å². The lowest BCUT2D eigenvalue weighted by molar-refractivity contribution is -0.114. The normalized spacial score (nSPS) is 12.4. The molecule has 1 amide bonds. The van der Waals surface area contributed by atoms with Gasteiger partial charge in [-0.1, -0.05) is 52.6 Å². The predicted molar refractivity (Wildman–Crippen MR) is 116 cm³/mol. The Bertz CT molecular complexity index is 1040. The van der Waals surface area contributed by atoms with Crippen molar-refractivity contribution >= 4 is 34.8 Å². The Kier molecular flexibility index (Phi) is 9.36. The Morgan fingerprint density at radius 2 is 1.79 bits per heavy atom. The number of hydrogen-bond acceptors (Lipinski definition) is 5. The van der Waals surface area contributed by atoms with Crippen molar-refractivity contribution in [3.05, 3.63) is 69.5 Å². The lowest BCUT2D eigenvalue weighted by Crippen LogP contribution is -2.29. The molecular formula is C21H18Cl2F4N2O4. The van der Waals surface area contributed by atoms with E-state index in [4.69, 9.17) is 37.5 Å². The van der Waals surface area contributed by atoms with Gasteiger partial charge in [0, 0.05) is 24.7 Å². The molecule has 0 heterocycles. The van der Waals surface area contributed by atoms with Crippen LogP contribution in [0.5, 0.6) is 11.5 Å². The maximum absolute atomic E-state index is 12.9. The molecule has 0 radical (unpaired) electrons. The molecule has 0 saturated carbocycles. The van der Waals surface area contributed by atoms with Crippen molar-refractivity contribution in [1.82, 2.24) is 5.32 Å². The fourth-order valence-corrected chi connectivity index (χ4v) is 3.11. The number of likely N-dealkylation sites (N-methyl/N-ethyl adjacent to an activating group) is 1. The van der Waals surface area contributed by atoms with Gasteiger partial charge in [0.25, 0.3) is 5.91 Å². The maximum Gasteiger partial charge on any atom is 0.442 e. The summed E-state index contributed by atoms with van der Waals surface area (Å²) in [5.74, 6) is -2.67. The van der Waals surface area contributed by atoms with E-state index in [2.05, 4.69) is 10.5 Å². The van der Waals surface area contributed by atoms with E-state index < -0.39 is 24.5 Å². The van der Waals surface area contributed by atoms with Gasteiger partial charge < -0.3 is 19.6 Å². The van der Waals surface area contributed by atoms with Gasteiger partial charge in [0.2, 0.25) is 5.83 Å². The van der Waals surface area contributed by atoms with E-state index in [0.29, 0.717) is 11.1 Å². The Morgan fingerprint density at radius 3 is 2.36 bits per heavy atom. The highest BCUT2D eigenvalue weighted by Crippen LogP contribution is 2.37. The highest BCUT2D eigenvalue weighted by atomic mass is 35.5. The molecule has 178 valence electrons. The molecule has 0 fully saturated rings. The van der Waals surface area contributed by atoms with Gasteiger partial charge in [-0.15, -0.1) is 0 Å². The first-order chi connectivity index (χ1) is 15.6. The first-order valence-corrected chi connectivity index (χ1v) is 9.93. The fourth-order valence-electron chi connectivity index (χ4n) is 2.53. The van der Waals surface area contributed by atoms with Gasteiger partial charge in [0.15, 0.2) is 11.5 Å². The fraction of sp³-hybridized carbons (Fsp3) is 0.238. The van der Waals surface area contributed by atoms with E-state index in [1.54, 1.807) is 24.3 Å². The summed E-state index contributed by atoms with van der Waals surface area (Å²) in [7, 11) is 2.76. The molecule has 0 saturated heterocycles. The quantitative estimate of drug-likeness (QED) is 0.277. The second-order valence-electron chi connectivity index (χ2n) is 6.22. The predicted octanol–water partition coefficient (Wildman–Crippen LogP) is 5.46. The Labute approximate surface area is 196 Å². The molecule has 0 aliphatic carbocycles. The lowest BCUT2D eigenvalue weighted by atomic mass is 10.0. The smallest absolute Gasteiger partial charge is 0.442 e. The number of nitrogens with zero attached hydrogens (tertiary/aromatic N) is 1. The van der Waals surface area contributed by atoms with Crippen LogP contribution in [-0.2, 0) is 16.2 Å². The number of rotatable bonds is 9. The molecule has 2 aromatic rings. The van der Waals surface area contributed by atoms with Crippen molar-refractivity contribution in [2.45, 2.75) is 12.8 Å². The van der Waals surface area contributed by atoms with E-state index >= 15 is 0 Å². The molecule has 0 unspecified atom stereocenters. The number of hydrogen-bond donors (Lipinski definition) is 1. The molecular weight excluding hydrogens is 491 g/mol. The summed E-state index contributed by atoms with van der Waals surface area (Å²) in [6, 6.07) is 9.49. The molecule has 2 aromatic carbocycles. The van der Waals surface area contributed by atoms with Crippen LogP contribution >= 0.6 is 23.2 Å². The zero-order valence-electron chi connectivity index (χ0n) is 17.3. The van der Waals surface area contributed by atoms with Crippen LogP contribution in [0.25, 0.3) is 0 Å². The number of oxime groups is 1. The third-order valence-corrected chi connectivity index (χ3v) is 4.59. The van der Waals surface area contributed by atoms with Crippen molar-refractivity contribution < 1.29 is 36.7 Å². The number of allylic oxidation sites excluding steroid dienone is 1. The summed E-state index contributed by atoms with van der Waals surface area (Å²) in [5.41, 5.74) is 1.10. The summed E-state index contributed by atoms with van der Waals surface area (Å²) in [6.07, 6.45) is -4.88. The summed E-state index contributed by atoms with van der Waals surface area (Å²) >= 11 is 12.2. The first-order valence-electron chi connectivity index (χ1n) is 9.17. The van der Waals surface area contributed by atoms with Crippen LogP contribution in [0.2, 0.25) is 10.0 Å². The Hall–Kier alpha value is -2.98. The second-order valence-corrected chi connectivity index (χ2v) is 7.04. The maximum atomic E-state index is 12.9. The zero-order valence-corrected chi connectivity index (χ0v) is 18.8. The molecule has 6 nitrogen and oxygen atoms in total. The van der Waals surface area contributed by atoms with Crippen LogP contribution in [0.15, 0.2) is 53.5 Å². The van der Waals surface area contributed by atoms with Crippen LogP contribution in [0.4, 0.5) is 17.6 Å². The van der Waals surface area contributed by atoms with Crippen LogP contribution in [0.3, 0.4) is 0 Å². The van der Waals surface area contributed by atoms with E-state index in [1.165, 1.54) is 26.3 Å². The molecule has 0 aromatic heterocycles. The Morgan fingerprint density at radius 1 is 1.15 bits per heavy atom. The van der Waals surface area contributed by atoms with E-state index in [-0.39, 0.29) is 39.9 Å². The van der Waals surface area contributed by atoms with Crippen molar-refractivity contribution in [3.63, 3.8) is 0 Å². The van der Waals surface area contributed by atoms with Gasteiger partial charge >= 0.3 is 6.18 Å². The van der Waals surface area contributed by atoms with Crippen molar-refractivity contribution in [2.75, 3.05) is 20.8 Å². The summed E-state index contributed by atoms with van der Waals surface area (Å²) in [5, 5.41) is 6.12. The largest absolute Gasteiger partial charge is 0.489 e. The molecule has 0 bridgehead atoms. The highest BCUT2D eigenvalue weighted by Gasteiger charge is 2.34. The molecule has 2 rings (SSSR count). The molecule has 0 spiro atoms. The minimum atomic E-state index is -5.10. The molecule has 0 atom stereocenters. The van der Waals surface area contributed by atoms with Crippen LogP contribution in [0.1, 0.15) is 11.1 Å². The third-order valence-electron chi connectivity index (χ3n) is 4.02. The van der Waals surface area contributed by atoms with Gasteiger partial charge in [-0.2, -0.15) is 13.2 Å². The Balaban J connectivity index is 2.18. The van der Waals surface area contributed by atoms with Gasteiger partial charge in [0.05, 0.1) is 10.0 Å². The number of benzene rings is 2. The number of nitrogens with one attached hydrogen (secondary N) is 1. The highest BCUT2D eigenvalue weighted by molar-refractivity contribution is 6.45. The monoisotopic (exact) mass is 508 g/mol. The van der Waals surface area contributed by atoms with Crippen molar-refractivity contribution in [3.8, 4) is 11.5 Å². The lowest BCUT2D eigenvalue weighted by Gasteiger charge is -2.14. The number of amides is 1. The number of alkyl halides is 3. The second kappa shape index (κ2) is 11.8. The van der Waals surface area contributed by atoms with Crippen molar-refractivity contribution in [1.29, 1.82) is 0 Å². The average Bonchev–Trinajstić information content (AvgIpc) is 2.76. The molecule has 0 aliphatic rings. The number of carbonyl (C=O) groups is 1. The number of ether oxygens (including phenoxy) is 2. The minimum absolute atomic E-state index is 0.0116. The molecule has 33 heavy (non-hydrogen) atoms. The van der Waals surface area contributed by atoms with Gasteiger partial charge in [-0.3, -0.25) is 4.79 Å². The van der Waals surface area contributed by atoms with Crippen molar-refractivity contribution in [2.24, 2.45) is 5.16 Å². The van der Waals surface area contributed by atoms with Crippen LogP contribution in [0, 0.1) is 0 Å². The number of halogens is 6. The molecule has 12 heteroatoms. The summed E-state index contributed by atoms with van der Waals surface area (Å²) in [4.78, 5) is 16.9.